The van der Waals surface area contributed by atoms with Crippen LogP contribution in [0, 0.1) is 0 Å². The summed E-state index contributed by atoms with van der Waals surface area (Å²) in [6, 6.07) is 5.93. The zero-order valence-corrected chi connectivity index (χ0v) is 16.9. The van der Waals surface area contributed by atoms with Crippen molar-refractivity contribution in [3.05, 3.63) is 54.1 Å². The van der Waals surface area contributed by atoms with E-state index in [1.165, 1.54) is 12.1 Å². The van der Waals surface area contributed by atoms with E-state index in [9.17, 15) is 18.0 Å². The van der Waals surface area contributed by atoms with Crippen LogP contribution >= 0.6 is 0 Å². The number of fused-ring (bicyclic) bond motifs is 1. The van der Waals surface area contributed by atoms with E-state index in [1.807, 2.05) is 6.07 Å². The van der Waals surface area contributed by atoms with Crippen molar-refractivity contribution >= 4 is 22.8 Å². The average molecular weight is 433 g/mol. The Morgan fingerprint density at radius 3 is 2.74 bits per heavy atom. The molecule has 10 heteroatoms. The molecule has 0 aliphatic carbocycles. The summed E-state index contributed by atoms with van der Waals surface area (Å²) in [7, 11) is 1.64. The molecule has 1 saturated heterocycles. The topological polar surface area (TPSA) is 72.3 Å². The highest BCUT2D eigenvalue weighted by atomic mass is 19.4. The molecule has 3 heterocycles. The van der Waals surface area contributed by atoms with Crippen LogP contribution in [0.1, 0.15) is 23.7 Å². The third-order valence-corrected chi connectivity index (χ3v) is 5.40. The number of carbonyl (C=O) groups excluding carboxylic acids is 1. The number of nitrogens with one attached hydrogen (secondary N) is 1. The van der Waals surface area contributed by atoms with Crippen molar-refractivity contribution in [2.75, 3.05) is 32.1 Å². The molecule has 0 radical (unpaired) electrons. The van der Waals surface area contributed by atoms with Gasteiger partial charge in [-0.1, -0.05) is 0 Å². The van der Waals surface area contributed by atoms with Crippen molar-refractivity contribution in [1.82, 2.24) is 19.4 Å². The minimum Gasteiger partial charge on any atom is -0.383 e. The summed E-state index contributed by atoms with van der Waals surface area (Å²) >= 11 is 0. The summed E-state index contributed by atoms with van der Waals surface area (Å²) in [5, 5.41) is 2.67. The first kappa shape index (κ1) is 21.1. The number of carbonyl (C=O) groups is 1. The molecule has 4 rings (SSSR count). The zero-order valence-electron chi connectivity index (χ0n) is 16.9. The highest BCUT2D eigenvalue weighted by Gasteiger charge is 2.32. The highest BCUT2D eigenvalue weighted by molar-refractivity contribution is 5.89. The first-order valence-corrected chi connectivity index (χ1v) is 9.89. The fourth-order valence-corrected chi connectivity index (χ4v) is 3.82. The van der Waals surface area contributed by atoms with Gasteiger partial charge in [0.15, 0.2) is 0 Å². The third-order valence-electron chi connectivity index (χ3n) is 5.40. The van der Waals surface area contributed by atoms with Gasteiger partial charge in [0, 0.05) is 44.5 Å². The summed E-state index contributed by atoms with van der Waals surface area (Å²) in [4.78, 5) is 23.2. The van der Waals surface area contributed by atoms with E-state index in [-0.39, 0.29) is 11.9 Å². The number of alkyl halides is 3. The molecule has 1 fully saturated rings. The van der Waals surface area contributed by atoms with Crippen LogP contribution in [0.15, 0.2) is 42.7 Å². The number of methoxy groups -OCH3 is 1. The quantitative estimate of drug-likeness (QED) is 0.657. The molecule has 1 atom stereocenters. The number of pyridine rings is 1. The van der Waals surface area contributed by atoms with Gasteiger partial charge in [0.1, 0.15) is 5.82 Å². The van der Waals surface area contributed by atoms with Crippen molar-refractivity contribution in [2.45, 2.75) is 25.1 Å². The van der Waals surface area contributed by atoms with Crippen molar-refractivity contribution in [3.8, 4) is 0 Å². The number of halogens is 3. The summed E-state index contributed by atoms with van der Waals surface area (Å²) in [5.41, 5.74) is 1.33. The van der Waals surface area contributed by atoms with E-state index in [0.717, 1.165) is 35.4 Å². The lowest BCUT2D eigenvalue weighted by atomic mass is 10.1. The predicted octanol–water partition coefficient (Wildman–Crippen LogP) is 4.12. The largest absolute Gasteiger partial charge is 0.416 e. The predicted molar refractivity (Wildman–Crippen MR) is 109 cm³/mol. The van der Waals surface area contributed by atoms with Crippen LogP contribution in [0.25, 0.3) is 11.0 Å². The van der Waals surface area contributed by atoms with Gasteiger partial charge in [-0.2, -0.15) is 13.2 Å². The van der Waals surface area contributed by atoms with Gasteiger partial charge in [-0.15, -0.1) is 0 Å². The Labute approximate surface area is 176 Å². The van der Waals surface area contributed by atoms with Gasteiger partial charge in [0.05, 0.1) is 29.4 Å². The molecule has 0 bridgehead atoms. The molecular formula is C21H22F3N5O2. The number of nitrogens with zero attached hydrogens (tertiary/aromatic N) is 4. The van der Waals surface area contributed by atoms with Crippen LogP contribution in [-0.2, 0) is 17.5 Å². The van der Waals surface area contributed by atoms with Gasteiger partial charge in [0.2, 0.25) is 0 Å². The number of rotatable bonds is 5. The number of likely N-dealkylation sites (tertiary alicyclic amines) is 1. The molecule has 7 nitrogen and oxygen atoms in total. The molecule has 1 aromatic carbocycles. The lowest BCUT2D eigenvalue weighted by molar-refractivity contribution is -0.137. The normalized spacial score (nSPS) is 16.8. The number of anilines is 1. The number of imidazole rings is 1. The van der Waals surface area contributed by atoms with E-state index < -0.39 is 11.7 Å². The zero-order chi connectivity index (χ0) is 22.0. The molecule has 31 heavy (non-hydrogen) atoms. The molecule has 1 aliphatic rings. The summed E-state index contributed by atoms with van der Waals surface area (Å²) in [6.45, 7) is 2.15. The van der Waals surface area contributed by atoms with E-state index in [0.29, 0.717) is 31.9 Å². The maximum Gasteiger partial charge on any atom is 0.416 e. The van der Waals surface area contributed by atoms with Crippen molar-refractivity contribution in [3.63, 3.8) is 0 Å². The number of aromatic nitrogens is 3. The maximum absolute atomic E-state index is 12.7. The number of ether oxygens (including phenoxy) is 1. The van der Waals surface area contributed by atoms with E-state index >= 15 is 0 Å². The fraction of sp³-hybridized carbons (Fsp3) is 0.381. The fourth-order valence-electron chi connectivity index (χ4n) is 3.82. The Kier molecular flexibility index (Phi) is 5.81. The molecular weight excluding hydrogens is 411 g/mol. The van der Waals surface area contributed by atoms with Gasteiger partial charge in [-0.25, -0.2) is 9.78 Å². The van der Waals surface area contributed by atoms with Gasteiger partial charge in [0.25, 0.3) is 0 Å². The molecule has 0 unspecified atom stereocenters. The van der Waals surface area contributed by atoms with Crippen LogP contribution in [0.2, 0.25) is 0 Å². The van der Waals surface area contributed by atoms with E-state index in [1.54, 1.807) is 24.4 Å². The number of benzene rings is 1. The van der Waals surface area contributed by atoms with Gasteiger partial charge < -0.3 is 19.5 Å². The Hall–Kier alpha value is -3.14. The maximum atomic E-state index is 12.7. The van der Waals surface area contributed by atoms with E-state index in [4.69, 9.17) is 9.72 Å². The van der Waals surface area contributed by atoms with E-state index in [2.05, 4.69) is 14.9 Å². The summed E-state index contributed by atoms with van der Waals surface area (Å²) < 4.78 is 45.4. The Morgan fingerprint density at radius 1 is 1.26 bits per heavy atom. The van der Waals surface area contributed by atoms with Gasteiger partial charge in [-0.05, 0) is 36.8 Å². The third kappa shape index (κ3) is 4.48. The Morgan fingerprint density at radius 2 is 2.03 bits per heavy atom. The molecule has 2 amide bonds. The number of hydrogen-bond donors (Lipinski definition) is 1. The SMILES string of the molecule is COCCn1c([C@H]2CCN(C(=O)Nc3ccc(C(F)(F)F)cc3)C2)nc2ccncc21. The lowest BCUT2D eigenvalue weighted by Gasteiger charge is -2.18. The molecule has 2 aromatic heterocycles. The molecule has 164 valence electrons. The standard InChI is InChI=1S/C21H22F3N5O2/c1-31-11-10-29-18-12-25-8-6-17(18)27-19(29)14-7-9-28(13-14)20(30)26-16-4-2-15(3-5-16)21(22,23)24/h2-6,8,12,14H,7,9-11,13H2,1H3,(H,26,30)/t14-/m0/s1. The van der Waals surface area contributed by atoms with Crippen LogP contribution < -0.4 is 5.32 Å². The van der Waals surface area contributed by atoms with Crippen LogP contribution in [0.3, 0.4) is 0 Å². The average Bonchev–Trinajstić information content (AvgIpc) is 3.37. The Bertz CT molecular complexity index is 1070. The molecule has 0 saturated carbocycles. The first-order chi connectivity index (χ1) is 14.9. The second kappa shape index (κ2) is 8.54. The van der Waals surface area contributed by atoms with Crippen LogP contribution in [-0.4, -0.2) is 52.3 Å². The van der Waals surface area contributed by atoms with Crippen LogP contribution in [0.4, 0.5) is 23.7 Å². The van der Waals surface area contributed by atoms with Crippen molar-refractivity contribution < 1.29 is 22.7 Å². The van der Waals surface area contributed by atoms with Gasteiger partial charge >= 0.3 is 12.2 Å². The number of urea groups is 1. The van der Waals surface area contributed by atoms with Crippen molar-refractivity contribution in [1.29, 1.82) is 0 Å². The molecule has 1 N–H and O–H groups in total. The van der Waals surface area contributed by atoms with Crippen LogP contribution in [0.5, 0.6) is 0 Å². The summed E-state index contributed by atoms with van der Waals surface area (Å²) in [5.74, 6) is 0.924. The second-order valence-electron chi connectivity index (χ2n) is 7.42. The number of hydrogen-bond acceptors (Lipinski definition) is 4. The minimum absolute atomic E-state index is 0.0441. The first-order valence-electron chi connectivity index (χ1n) is 9.89. The Balaban J connectivity index is 1.46. The number of amides is 2. The molecule has 3 aromatic rings. The molecule has 0 spiro atoms. The molecule has 1 aliphatic heterocycles. The summed E-state index contributed by atoms with van der Waals surface area (Å²) in [6.07, 6.45) is -0.206. The minimum atomic E-state index is -4.41. The lowest BCUT2D eigenvalue weighted by Crippen LogP contribution is -2.33. The second-order valence-corrected chi connectivity index (χ2v) is 7.42. The highest BCUT2D eigenvalue weighted by Crippen LogP contribution is 2.31. The smallest absolute Gasteiger partial charge is 0.383 e. The van der Waals surface area contributed by atoms with Crippen molar-refractivity contribution in [2.24, 2.45) is 0 Å². The van der Waals surface area contributed by atoms with Gasteiger partial charge in [-0.3, -0.25) is 4.98 Å². The monoisotopic (exact) mass is 433 g/mol.